The number of fused-ring (bicyclic) bond motifs is 1. The molecule has 2 N–H and O–H groups in total. The minimum atomic E-state index is 0.305. The van der Waals surface area contributed by atoms with Crippen LogP contribution >= 0.6 is 0 Å². The van der Waals surface area contributed by atoms with Gasteiger partial charge in [-0.05, 0) is 49.9 Å². The summed E-state index contributed by atoms with van der Waals surface area (Å²) in [6.07, 6.45) is 17.1. The standard InChI is InChI=1S/C27H46N6/c1-20(2)23-19-29-33-24(30-26(31-25(23)33)32-17-13-22(28)14-18-32)21-11-9-7-5-6-8-10-15-27(3,4)16-12-21/h19-22H,5-18,28H2,1-4H3. The number of nitrogens with two attached hydrogens (primary N) is 1. The Balaban J connectivity index is 1.70. The summed E-state index contributed by atoms with van der Waals surface area (Å²) in [5.74, 6) is 2.84. The molecule has 2 aromatic heterocycles. The van der Waals surface area contributed by atoms with Crippen molar-refractivity contribution in [2.45, 2.75) is 123 Å². The summed E-state index contributed by atoms with van der Waals surface area (Å²) in [5.41, 5.74) is 8.81. The summed E-state index contributed by atoms with van der Waals surface area (Å²) in [6.45, 7) is 11.3. The van der Waals surface area contributed by atoms with Crippen LogP contribution in [0.25, 0.3) is 5.65 Å². The van der Waals surface area contributed by atoms with Crippen LogP contribution in [0.5, 0.6) is 0 Å². The largest absolute Gasteiger partial charge is 0.341 e. The van der Waals surface area contributed by atoms with Crippen molar-refractivity contribution in [2.75, 3.05) is 18.0 Å². The second-order valence-electron chi connectivity index (χ2n) is 11.8. The van der Waals surface area contributed by atoms with E-state index in [1.165, 1.54) is 69.8 Å². The van der Waals surface area contributed by atoms with Gasteiger partial charge in [0.25, 0.3) is 0 Å². The van der Waals surface area contributed by atoms with Crippen molar-refractivity contribution in [3.63, 3.8) is 0 Å². The van der Waals surface area contributed by atoms with Gasteiger partial charge < -0.3 is 10.6 Å². The predicted octanol–water partition coefficient (Wildman–Crippen LogP) is 6.20. The van der Waals surface area contributed by atoms with E-state index in [0.717, 1.165) is 43.4 Å². The van der Waals surface area contributed by atoms with Crippen molar-refractivity contribution in [1.29, 1.82) is 0 Å². The summed E-state index contributed by atoms with van der Waals surface area (Å²) in [4.78, 5) is 12.7. The van der Waals surface area contributed by atoms with Crippen molar-refractivity contribution in [2.24, 2.45) is 11.1 Å². The van der Waals surface area contributed by atoms with Crippen LogP contribution in [-0.4, -0.2) is 38.7 Å². The van der Waals surface area contributed by atoms with Crippen LogP contribution in [-0.2, 0) is 0 Å². The molecule has 184 valence electrons. The number of nitrogens with zero attached hydrogens (tertiary/aromatic N) is 5. The van der Waals surface area contributed by atoms with Crippen LogP contribution in [0.2, 0.25) is 0 Å². The highest BCUT2D eigenvalue weighted by molar-refractivity contribution is 5.52. The Kier molecular flexibility index (Phi) is 7.93. The molecule has 1 saturated heterocycles. The summed E-state index contributed by atoms with van der Waals surface area (Å²) < 4.78 is 2.08. The third-order valence-corrected chi connectivity index (χ3v) is 8.04. The van der Waals surface area contributed by atoms with E-state index in [4.69, 9.17) is 20.8 Å². The lowest BCUT2D eigenvalue weighted by molar-refractivity contribution is 0.267. The average Bonchev–Trinajstić information content (AvgIpc) is 3.21. The van der Waals surface area contributed by atoms with Crippen LogP contribution in [0, 0.1) is 5.41 Å². The molecule has 1 unspecified atom stereocenters. The first-order valence-corrected chi connectivity index (χ1v) is 13.6. The fourth-order valence-electron chi connectivity index (χ4n) is 5.61. The van der Waals surface area contributed by atoms with Gasteiger partial charge in [-0.1, -0.05) is 66.2 Å². The SMILES string of the molecule is CC(C)c1cnn2c(C3CCCCCCCCC(C)(C)CC3)nc(N3CCC(N)CC3)nc12. The summed E-state index contributed by atoms with van der Waals surface area (Å²) in [5, 5.41) is 4.83. The van der Waals surface area contributed by atoms with Gasteiger partial charge in [-0.15, -0.1) is 0 Å². The second-order valence-corrected chi connectivity index (χ2v) is 11.8. The molecular weight excluding hydrogens is 408 g/mol. The molecule has 1 atom stereocenters. The monoisotopic (exact) mass is 454 g/mol. The van der Waals surface area contributed by atoms with Crippen LogP contribution in [0.15, 0.2) is 6.20 Å². The third-order valence-electron chi connectivity index (χ3n) is 8.04. The highest BCUT2D eigenvalue weighted by atomic mass is 15.4. The lowest BCUT2D eigenvalue weighted by Crippen LogP contribution is -2.40. The maximum absolute atomic E-state index is 6.19. The van der Waals surface area contributed by atoms with E-state index < -0.39 is 0 Å². The summed E-state index contributed by atoms with van der Waals surface area (Å²) in [6, 6.07) is 0.305. The number of hydrogen-bond donors (Lipinski definition) is 1. The van der Waals surface area contributed by atoms with E-state index in [0.29, 0.717) is 23.3 Å². The smallest absolute Gasteiger partial charge is 0.229 e. The molecule has 0 amide bonds. The molecular formula is C27H46N6. The molecule has 2 aromatic rings. The molecule has 3 heterocycles. The third kappa shape index (κ3) is 6.06. The van der Waals surface area contributed by atoms with E-state index in [2.05, 4.69) is 37.1 Å². The molecule has 33 heavy (non-hydrogen) atoms. The predicted molar refractivity (Wildman–Crippen MR) is 137 cm³/mol. The van der Waals surface area contributed by atoms with Gasteiger partial charge in [0.1, 0.15) is 5.82 Å². The quantitative estimate of drug-likeness (QED) is 0.598. The van der Waals surface area contributed by atoms with E-state index in [-0.39, 0.29) is 0 Å². The highest BCUT2D eigenvalue weighted by Crippen LogP contribution is 2.37. The Labute approximate surface area is 200 Å². The van der Waals surface area contributed by atoms with Crippen molar-refractivity contribution < 1.29 is 0 Å². The van der Waals surface area contributed by atoms with Crippen molar-refractivity contribution in [3.8, 4) is 0 Å². The Morgan fingerprint density at radius 3 is 2.33 bits per heavy atom. The number of hydrogen-bond acceptors (Lipinski definition) is 5. The van der Waals surface area contributed by atoms with Gasteiger partial charge in [0.15, 0.2) is 5.65 Å². The van der Waals surface area contributed by atoms with E-state index >= 15 is 0 Å². The van der Waals surface area contributed by atoms with Crippen LogP contribution in [0.1, 0.15) is 128 Å². The van der Waals surface area contributed by atoms with Gasteiger partial charge in [0.2, 0.25) is 5.95 Å². The van der Waals surface area contributed by atoms with E-state index in [9.17, 15) is 0 Å². The van der Waals surface area contributed by atoms with Gasteiger partial charge in [-0.2, -0.15) is 15.1 Å². The second kappa shape index (κ2) is 10.7. The van der Waals surface area contributed by atoms with Gasteiger partial charge in [-0.25, -0.2) is 4.52 Å². The topological polar surface area (TPSA) is 72.3 Å². The highest BCUT2D eigenvalue weighted by Gasteiger charge is 2.27. The summed E-state index contributed by atoms with van der Waals surface area (Å²) >= 11 is 0. The maximum atomic E-state index is 6.19. The number of anilines is 1. The molecule has 2 aliphatic rings. The minimum absolute atomic E-state index is 0.305. The zero-order valence-corrected chi connectivity index (χ0v) is 21.5. The minimum Gasteiger partial charge on any atom is -0.341 e. The maximum Gasteiger partial charge on any atom is 0.229 e. The zero-order valence-electron chi connectivity index (χ0n) is 21.5. The fourth-order valence-corrected chi connectivity index (χ4v) is 5.61. The molecule has 2 fully saturated rings. The molecule has 0 radical (unpaired) electrons. The molecule has 0 bridgehead atoms. The molecule has 4 rings (SSSR count). The van der Waals surface area contributed by atoms with Gasteiger partial charge in [0.05, 0.1) is 6.20 Å². The van der Waals surface area contributed by atoms with Crippen LogP contribution < -0.4 is 10.6 Å². The average molecular weight is 455 g/mol. The number of rotatable bonds is 3. The lowest BCUT2D eigenvalue weighted by atomic mass is 9.79. The Bertz CT molecular complexity index is 893. The zero-order chi connectivity index (χ0) is 23.4. The van der Waals surface area contributed by atoms with Crippen molar-refractivity contribution in [1.82, 2.24) is 19.6 Å². The fraction of sp³-hybridized carbons (Fsp3) is 0.815. The molecule has 0 aromatic carbocycles. The molecule has 6 nitrogen and oxygen atoms in total. The van der Waals surface area contributed by atoms with Gasteiger partial charge in [0, 0.05) is 30.6 Å². The number of aromatic nitrogens is 4. The van der Waals surface area contributed by atoms with E-state index in [1.54, 1.807) is 0 Å². The Morgan fingerprint density at radius 1 is 0.909 bits per heavy atom. The summed E-state index contributed by atoms with van der Waals surface area (Å²) in [7, 11) is 0. The molecule has 0 spiro atoms. The van der Waals surface area contributed by atoms with Crippen LogP contribution in [0.3, 0.4) is 0 Å². The first kappa shape index (κ1) is 24.4. The first-order valence-electron chi connectivity index (χ1n) is 13.6. The van der Waals surface area contributed by atoms with Gasteiger partial charge in [-0.3, -0.25) is 0 Å². The molecule has 1 aliphatic heterocycles. The van der Waals surface area contributed by atoms with Crippen molar-refractivity contribution >= 4 is 11.6 Å². The Morgan fingerprint density at radius 2 is 1.61 bits per heavy atom. The first-order chi connectivity index (χ1) is 15.8. The lowest BCUT2D eigenvalue weighted by Gasteiger charge is -2.31. The van der Waals surface area contributed by atoms with Gasteiger partial charge >= 0.3 is 0 Å². The molecule has 1 aliphatic carbocycles. The van der Waals surface area contributed by atoms with E-state index in [1.807, 2.05) is 6.20 Å². The molecule has 1 saturated carbocycles. The molecule has 6 heteroatoms. The van der Waals surface area contributed by atoms with Crippen molar-refractivity contribution in [3.05, 3.63) is 17.6 Å². The normalized spacial score (nSPS) is 24.1. The van der Waals surface area contributed by atoms with Crippen LogP contribution in [0.4, 0.5) is 5.95 Å². The number of piperidine rings is 1. The Hall–Kier alpha value is -1.69.